The number of hydrogen-bond donors (Lipinski definition) is 2. The summed E-state index contributed by atoms with van der Waals surface area (Å²) in [5.74, 6) is 0. The molecule has 1 aromatic carbocycles. The highest BCUT2D eigenvalue weighted by Crippen LogP contribution is 2.18. The van der Waals surface area contributed by atoms with E-state index in [0.29, 0.717) is 6.04 Å². The number of rotatable bonds is 4. The lowest BCUT2D eigenvalue weighted by Gasteiger charge is -2.02. The Hall–Kier alpha value is -1.81. The first kappa shape index (κ1) is 14.3. The minimum absolute atomic E-state index is 0. The number of imidazole rings is 1. The van der Waals surface area contributed by atoms with Gasteiger partial charge in [-0.3, -0.25) is 4.99 Å². The van der Waals surface area contributed by atoms with Gasteiger partial charge in [0.2, 0.25) is 0 Å². The van der Waals surface area contributed by atoms with E-state index in [0.717, 1.165) is 16.9 Å². The Labute approximate surface area is 113 Å². The summed E-state index contributed by atoms with van der Waals surface area (Å²) in [6, 6.07) is 8.43. The second kappa shape index (κ2) is 6.81. The third-order valence-electron chi connectivity index (χ3n) is 2.30. The Kier molecular flexibility index (Phi) is 5.39. The van der Waals surface area contributed by atoms with Crippen LogP contribution in [-0.2, 0) is 0 Å². The van der Waals surface area contributed by atoms with Crippen molar-refractivity contribution in [2.24, 2.45) is 4.99 Å². The third kappa shape index (κ3) is 3.89. The summed E-state index contributed by atoms with van der Waals surface area (Å²) < 4.78 is 0. The highest BCUT2D eigenvalue weighted by Gasteiger charge is 1.97. The molecule has 5 heteroatoms. The van der Waals surface area contributed by atoms with Gasteiger partial charge in [-0.1, -0.05) is 12.1 Å². The van der Waals surface area contributed by atoms with Crippen molar-refractivity contribution >= 4 is 24.4 Å². The summed E-state index contributed by atoms with van der Waals surface area (Å²) in [6.07, 6.45) is 5.22. The first-order valence-electron chi connectivity index (χ1n) is 5.62. The van der Waals surface area contributed by atoms with Crippen molar-refractivity contribution in [3.05, 3.63) is 36.8 Å². The van der Waals surface area contributed by atoms with E-state index in [1.165, 1.54) is 0 Å². The van der Waals surface area contributed by atoms with Crippen molar-refractivity contribution in [2.45, 2.75) is 19.9 Å². The second-order valence-electron chi connectivity index (χ2n) is 4.06. The monoisotopic (exact) mass is 264 g/mol. The minimum atomic E-state index is 0. The molecule has 0 atom stereocenters. The molecule has 0 fully saturated rings. The molecule has 2 rings (SSSR count). The van der Waals surface area contributed by atoms with Gasteiger partial charge in [-0.05, 0) is 31.5 Å². The maximum absolute atomic E-state index is 4.24. The normalized spacial score (nSPS) is 10.6. The zero-order chi connectivity index (χ0) is 12.1. The van der Waals surface area contributed by atoms with Gasteiger partial charge in [0, 0.05) is 11.7 Å². The van der Waals surface area contributed by atoms with Crippen LogP contribution in [0, 0.1) is 0 Å². The standard InChI is InChI=1S/C13H16N4.ClH/c1-10(2)15-9-16-12-5-3-11(4-6-12)13-7-14-8-17-13;/h3-10H,1-2H3,(H,14,17)(H,15,16);1H. The molecular formula is C13H17ClN4. The molecule has 0 unspecified atom stereocenters. The van der Waals surface area contributed by atoms with Crippen LogP contribution in [0.1, 0.15) is 13.8 Å². The van der Waals surface area contributed by atoms with E-state index in [9.17, 15) is 0 Å². The van der Waals surface area contributed by atoms with Gasteiger partial charge >= 0.3 is 0 Å². The van der Waals surface area contributed by atoms with Gasteiger partial charge in [-0.2, -0.15) is 0 Å². The molecule has 0 aliphatic carbocycles. The van der Waals surface area contributed by atoms with Crippen LogP contribution in [0.2, 0.25) is 0 Å². The van der Waals surface area contributed by atoms with Gasteiger partial charge in [0.1, 0.15) is 0 Å². The Bertz CT molecular complexity index is 474. The van der Waals surface area contributed by atoms with Crippen LogP contribution in [0.4, 0.5) is 5.69 Å². The van der Waals surface area contributed by atoms with Crippen molar-refractivity contribution < 1.29 is 0 Å². The van der Waals surface area contributed by atoms with Gasteiger partial charge in [-0.25, -0.2) is 4.98 Å². The summed E-state index contributed by atoms with van der Waals surface area (Å²) >= 11 is 0. The average Bonchev–Trinajstić information content (AvgIpc) is 2.83. The molecule has 0 saturated carbocycles. The van der Waals surface area contributed by atoms with Crippen molar-refractivity contribution in [2.75, 3.05) is 5.32 Å². The fourth-order valence-electron chi connectivity index (χ4n) is 1.42. The fourth-order valence-corrected chi connectivity index (χ4v) is 1.42. The first-order valence-corrected chi connectivity index (χ1v) is 5.62. The Morgan fingerprint density at radius 1 is 1.28 bits per heavy atom. The van der Waals surface area contributed by atoms with Crippen LogP contribution in [-0.4, -0.2) is 22.3 Å². The largest absolute Gasteiger partial charge is 0.347 e. The Morgan fingerprint density at radius 3 is 2.56 bits per heavy atom. The molecule has 0 aliphatic heterocycles. The quantitative estimate of drug-likeness (QED) is 0.657. The average molecular weight is 265 g/mol. The maximum Gasteiger partial charge on any atom is 0.0924 e. The third-order valence-corrected chi connectivity index (χ3v) is 2.30. The summed E-state index contributed by atoms with van der Waals surface area (Å²) in [6.45, 7) is 4.08. The Morgan fingerprint density at radius 2 is 2.00 bits per heavy atom. The molecule has 0 aliphatic rings. The zero-order valence-corrected chi connectivity index (χ0v) is 11.2. The van der Waals surface area contributed by atoms with Crippen LogP contribution >= 0.6 is 12.4 Å². The minimum Gasteiger partial charge on any atom is -0.347 e. The SMILES string of the molecule is CC(C)N=CNc1ccc(-c2cnc[nH]2)cc1.Cl. The predicted molar refractivity (Wildman–Crippen MR) is 78.5 cm³/mol. The van der Waals surface area contributed by atoms with Crippen LogP contribution < -0.4 is 5.32 Å². The molecule has 4 nitrogen and oxygen atoms in total. The van der Waals surface area contributed by atoms with E-state index >= 15 is 0 Å². The number of hydrogen-bond acceptors (Lipinski definition) is 2. The summed E-state index contributed by atoms with van der Waals surface area (Å²) in [5, 5.41) is 3.13. The number of aromatic nitrogens is 2. The summed E-state index contributed by atoms with van der Waals surface area (Å²) in [7, 11) is 0. The van der Waals surface area contributed by atoms with Crippen molar-refractivity contribution in [3.63, 3.8) is 0 Å². The molecule has 0 saturated heterocycles. The van der Waals surface area contributed by atoms with Crippen LogP contribution in [0.3, 0.4) is 0 Å². The Balaban J connectivity index is 0.00000162. The number of H-pyrrole nitrogens is 1. The molecule has 2 N–H and O–H groups in total. The van der Waals surface area contributed by atoms with E-state index in [1.54, 1.807) is 12.7 Å². The molecular weight excluding hydrogens is 248 g/mol. The highest BCUT2D eigenvalue weighted by atomic mass is 35.5. The van der Waals surface area contributed by atoms with Crippen LogP contribution in [0.15, 0.2) is 41.8 Å². The number of aromatic amines is 1. The molecule has 0 bridgehead atoms. The number of aliphatic imine (C=N–C) groups is 1. The van der Waals surface area contributed by atoms with Gasteiger partial charge in [0.15, 0.2) is 0 Å². The lowest BCUT2D eigenvalue weighted by atomic mass is 10.1. The molecule has 1 aromatic heterocycles. The van der Waals surface area contributed by atoms with Crippen molar-refractivity contribution in [1.29, 1.82) is 0 Å². The molecule has 2 aromatic rings. The first-order chi connectivity index (χ1) is 8.25. The van der Waals surface area contributed by atoms with E-state index in [4.69, 9.17) is 0 Å². The van der Waals surface area contributed by atoms with Crippen molar-refractivity contribution in [3.8, 4) is 11.3 Å². The second-order valence-corrected chi connectivity index (χ2v) is 4.06. The molecule has 0 spiro atoms. The van der Waals surface area contributed by atoms with Crippen molar-refractivity contribution in [1.82, 2.24) is 9.97 Å². The van der Waals surface area contributed by atoms with E-state index in [1.807, 2.05) is 44.3 Å². The molecule has 18 heavy (non-hydrogen) atoms. The smallest absolute Gasteiger partial charge is 0.0924 e. The number of halogens is 1. The van der Waals surface area contributed by atoms with Gasteiger partial charge in [-0.15, -0.1) is 12.4 Å². The molecule has 96 valence electrons. The van der Waals surface area contributed by atoms with Gasteiger partial charge < -0.3 is 10.3 Å². The van der Waals surface area contributed by atoms with Crippen LogP contribution in [0.5, 0.6) is 0 Å². The van der Waals surface area contributed by atoms with Gasteiger partial charge in [0.05, 0.1) is 24.6 Å². The number of nitrogens with zero attached hydrogens (tertiary/aromatic N) is 2. The van der Waals surface area contributed by atoms with E-state index in [-0.39, 0.29) is 12.4 Å². The van der Waals surface area contributed by atoms with Crippen LogP contribution in [0.25, 0.3) is 11.3 Å². The predicted octanol–water partition coefficient (Wildman–Crippen LogP) is 3.35. The topological polar surface area (TPSA) is 53.1 Å². The summed E-state index contributed by atoms with van der Waals surface area (Å²) in [4.78, 5) is 11.3. The lowest BCUT2D eigenvalue weighted by Crippen LogP contribution is -1.98. The van der Waals surface area contributed by atoms with E-state index in [2.05, 4.69) is 20.3 Å². The molecule has 0 radical (unpaired) electrons. The van der Waals surface area contributed by atoms with Gasteiger partial charge in [0.25, 0.3) is 0 Å². The maximum atomic E-state index is 4.24. The molecule has 1 heterocycles. The molecule has 0 amide bonds. The fraction of sp³-hybridized carbons (Fsp3) is 0.231. The van der Waals surface area contributed by atoms with E-state index < -0.39 is 0 Å². The summed E-state index contributed by atoms with van der Waals surface area (Å²) in [5.41, 5.74) is 3.17. The zero-order valence-electron chi connectivity index (χ0n) is 10.4. The highest BCUT2D eigenvalue weighted by molar-refractivity contribution is 5.85. The number of anilines is 1. The number of benzene rings is 1. The lowest BCUT2D eigenvalue weighted by molar-refractivity contribution is 0.840. The number of nitrogens with one attached hydrogen (secondary N) is 2.